The van der Waals surface area contributed by atoms with E-state index in [-0.39, 0.29) is 5.56 Å². The molecule has 0 aliphatic carbocycles. The van der Waals surface area contributed by atoms with Crippen LogP contribution in [0.5, 0.6) is 0 Å². The highest BCUT2D eigenvalue weighted by Gasteiger charge is 2.18. The lowest BCUT2D eigenvalue weighted by Crippen LogP contribution is -2.24. The lowest BCUT2D eigenvalue weighted by atomic mass is 10.0. The van der Waals surface area contributed by atoms with Crippen molar-refractivity contribution in [3.05, 3.63) is 22.9 Å². The Morgan fingerprint density at radius 1 is 1.47 bits per heavy atom. The van der Waals surface area contributed by atoms with Crippen LogP contribution in [0.25, 0.3) is 0 Å². The standard InChI is InChI=1S/C14H20N2O3/c1-9-7-10(2)16-13(12(9)14(17)18)15-8-11-3-5-19-6-4-11/h7,11H,3-6,8H2,1-2H3,(H,15,16)(H,17,18). The van der Waals surface area contributed by atoms with Gasteiger partial charge >= 0.3 is 5.97 Å². The van der Waals surface area contributed by atoms with Crippen molar-refractivity contribution in [1.29, 1.82) is 0 Å². The maximum atomic E-state index is 11.3. The van der Waals surface area contributed by atoms with Crippen LogP contribution in [0.2, 0.25) is 0 Å². The van der Waals surface area contributed by atoms with E-state index >= 15 is 0 Å². The average Bonchev–Trinajstić information content (AvgIpc) is 2.36. The van der Waals surface area contributed by atoms with E-state index in [0.717, 1.165) is 43.9 Å². The minimum Gasteiger partial charge on any atom is -0.478 e. The zero-order valence-corrected chi connectivity index (χ0v) is 11.4. The number of pyridine rings is 1. The van der Waals surface area contributed by atoms with Crippen molar-refractivity contribution >= 4 is 11.8 Å². The highest BCUT2D eigenvalue weighted by atomic mass is 16.5. The Bertz CT molecular complexity index is 468. The molecule has 5 nitrogen and oxygen atoms in total. The van der Waals surface area contributed by atoms with Crippen LogP contribution in [0.1, 0.15) is 34.5 Å². The fraction of sp³-hybridized carbons (Fsp3) is 0.571. The van der Waals surface area contributed by atoms with Gasteiger partial charge in [-0.05, 0) is 44.2 Å². The first kappa shape index (κ1) is 13.8. The van der Waals surface area contributed by atoms with Gasteiger partial charge in [0.25, 0.3) is 0 Å². The van der Waals surface area contributed by atoms with Gasteiger partial charge in [-0.3, -0.25) is 0 Å². The fourth-order valence-electron chi connectivity index (χ4n) is 2.43. The Morgan fingerprint density at radius 3 is 2.79 bits per heavy atom. The van der Waals surface area contributed by atoms with Gasteiger partial charge in [0.05, 0.1) is 0 Å². The number of carbonyl (C=O) groups is 1. The fourth-order valence-corrected chi connectivity index (χ4v) is 2.43. The summed E-state index contributed by atoms with van der Waals surface area (Å²) in [6, 6.07) is 1.79. The third-order valence-corrected chi connectivity index (χ3v) is 3.46. The molecule has 0 unspecified atom stereocenters. The van der Waals surface area contributed by atoms with Gasteiger partial charge in [-0.15, -0.1) is 0 Å². The molecule has 1 aliphatic heterocycles. The maximum Gasteiger partial charge on any atom is 0.339 e. The Labute approximate surface area is 113 Å². The summed E-state index contributed by atoms with van der Waals surface area (Å²) in [5.41, 5.74) is 1.85. The smallest absolute Gasteiger partial charge is 0.339 e. The van der Waals surface area contributed by atoms with Crippen molar-refractivity contribution in [3.63, 3.8) is 0 Å². The number of carboxylic acid groups (broad SMARTS) is 1. The molecule has 0 saturated carbocycles. The molecule has 1 aromatic heterocycles. The number of hydrogen-bond donors (Lipinski definition) is 2. The Hall–Kier alpha value is -1.62. The van der Waals surface area contributed by atoms with E-state index in [1.54, 1.807) is 13.0 Å². The molecule has 1 aromatic rings. The summed E-state index contributed by atoms with van der Waals surface area (Å²) in [6.45, 7) is 6.01. The first-order chi connectivity index (χ1) is 9.08. The molecule has 1 aliphatic rings. The summed E-state index contributed by atoms with van der Waals surface area (Å²) < 4.78 is 5.31. The predicted molar refractivity (Wildman–Crippen MR) is 72.7 cm³/mol. The second-order valence-corrected chi connectivity index (χ2v) is 5.05. The molecule has 2 rings (SSSR count). The number of nitrogens with one attached hydrogen (secondary N) is 1. The van der Waals surface area contributed by atoms with Crippen LogP contribution < -0.4 is 5.32 Å². The first-order valence-corrected chi connectivity index (χ1v) is 6.61. The van der Waals surface area contributed by atoms with Crippen molar-refractivity contribution < 1.29 is 14.6 Å². The van der Waals surface area contributed by atoms with Crippen LogP contribution >= 0.6 is 0 Å². The summed E-state index contributed by atoms with van der Waals surface area (Å²) in [4.78, 5) is 15.6. The first-order valence-electron chi connectivity index (χ1n) is 6.61. The van der Waals surface area contributed by atoms with Crippen molar-refractivity contribution in [3.8, 4) is 0 Å². The summed E-state index contributed by atoms with van der Waals surface area (Å²) in [5, 5.41) is 12.5. The van der Waals surface area contributed by atoms with Crippen LogP contribution in [-0.4, -0.2) is 35.8 Å². The minimum atomic E-state index is -0.931. The van der Waals surface area contributed by atoms with Gasteiger partial charge in [0, 0.05) is 25.5 Å². The molecular formula is C14H20N2O3. The molecule has 104 valence electrons. The average molecular weight is 264 g/mol. The molecule has 0 bridgehead atoms. The van der Waals surface area contributed by atoms with Crippen molar-refractivity contribution in [2.75, 3.05) is 25.1 Å². The number of aryl methyl sites for hydroxylation is 2. The highest BCUT2D eigenvalue weighted by molar-refractivity contribution is 5.94. The third-order valence-electron chi connectivity index (χ3n) is 3.46. The maximum absolute atomic E-state index is 11.3. The molecule has 1 fully saturated rings. The third kappa shape index (κ3) is 3.44. The number of rotatable bonds is 4. The van der Waals surface area contributed by atoms with Gasteiger partial charge in [-0.2, -0.15) is 0 Å². The van der Waals surface area contributed by atoms with Gasteiger partial charge in [0.1, 0.15) is 11.4 Å². The number of carboxylic acids is 1. The summed E-state index contributed by atoms with van der Waals surface area (Å²) in [5.74, 6) is 0.0778. The molecular weight excluding hydrogens is 244 g/mol. The molecule has 0 atom stereocenters. The van der Waals surface area contributed by atoms with E-state index in [1.165, 1.54) is 0 Å². The minimum absolute atomic E-state index is 0.276. The van der Waals surface area contributed by atoms with E-state index in [0.29, 0.717) is 11.7 Å². The number of hydrogen-bond acceptors (Lipinski definition) is 4. The Morgan fingerprint density at radius 2 is 2.16 bits per heavy atom. The highest BCUT2D eigenvalue weighted by Crippen LogP contribution is 2.21. The van der Waals surface area contributed by atoms with E-state index in [1.807, 2.05) is 6.92 Å². The quantitative estimate of drug-likeness (QED) is 0.872. The molecule has 1 saturated heterocycles. The Kier molecular flexibility index (Phi) is 4.37. The molecule has 5 heteroatoms. The number of aromatic carboxylic acids is 1. The monoisotopic (exact) mass is 264 g/mol. The zero-order chi connectivity index (χ0) is 13.8. The van der Waals surface area contributed by atoms with Gasteiger partial charge in [0.2, 0.25) is 0 Å². The summed E-state index contributed by atoms with van der Waals surface area (Å²) in [7, 11) is 0. The Balaban J connectivity index is 2.12. The number of ether oxygens (including phenoxy) is 1. The molecule has 0 amide bonds. The van der Waals surface area contributed by atoms with Gasteiger partial charge < -0.3 is 15.2 Å². The van der Waals surface area contributed by atoms with Crippen molar-refractivity contribution in [2.45, 2.75) is 26.7 Å². The molecule has 19 heavy (non-hydrogen) atoms. The van der Waals surface area contributed by atoms with Gasteiger partial charge in [-0.25, -0.2) is 9.78 Å². The van der Waals surface area contributed by atoms with Crippen molar-refractivity contribution in [2.24, 2.45) is 5.92 Å². The second-order valence-electron chi connectivity index (χ2n) is 5.05. The summed E-state index contributed by atoms with van der Waals surface area (Å²) in [6.07, 6.45) is 2.03. The zero-order valence-electron chi connectivity index (χ0n) is 11.4. The SMILES string of the molecule is Cc1cc(C)c(C(=O)O)c(NCC2CCOCC2)n1. The van der Waals surface area contributed by atoms with E-state index in [2.05, 4.69) is 10.3 Å². The second kappa shape index (κ2) is 6.02. The topological polar surface area (TPSA) is 71.5 Å². The van der Waals surface area contributed by atoms with Crippen LogP contribution in [0, 0.1) is 19.8 Å². The lowest BCUT2D eigenvalue weighted by molar-refractivity contribution is 0.0688. The predicted octanol–water partition coefficient (Wildman–Crippen LogP) is 2.24. The van der Waals surface area contributed by atoms with Gasteiger partial charge in [0.15, 0.2) is 0 Å². The van der Waals surface area contributed by atoms with Gasteiger partial charge in [-0.1, -0.05) is 0 Å². The molecule has 0 aromatic carbocycles. The van der Waals surface area contributed by atoms with E-state index in [9.17, 15) is 9.90 Å². The normalized spacial score (nSPS) is 16.3. The number of anilines is 1. The molecule has 0 spiro atoms. The van der Waals surface area contributed by atoms with Crippen LogP contribution in [-0.2, 0) is 4.74 Å². The largest absolute Gasteiger partial charge is 0.478 e. The summed E-state index contributed by atoms with van der Waals surface area (Å²) >= 11 is 0. The van der Waals surface area contributed by atoms with Crippen LogP contribution in [0.15, 0.2) is 6.07 Å². The van der Waals surface area contributed by atoms with Crippen LogP contribution in [0.4, 0.5) is 5.82 Å². The molecule has 2 heterocycles. The van der Waals surface area contributed by atoms with E-state index < -0.39 is 5.97 Å². The number of aromatic nitrogens is 1. The van der Waals surface area contributed by atoms with Crippen molar-refractivity contribution in [1.82, 2.24) is 4.98 Å². The molecule has 2 N–H and O–H groups in total. The number of nitrogens with zero attached hydrogens (tertiary/aromatic N) is 1. The molecule has 0 radical (unpaired) electrons. The van der Waals surface area contributed by atoms with Crippen LogP contribution in [0.3, 0.4) is 0 Å². The van der Waals surface area contributed by atoms with E-state index in [4.69, 9.17) is 4.74 Å². The lowest BCUT2D eigenvalue weighted by Gasteiger charge is -2.23.